The van der Waals surface area contributed by atoms with E-state index in [2.05, 4.69) is 4.98 Å². The van der Waals surface area contributed by atoms with E-state index in [1.807, 2.05) is 0 Å². The molecule has 110 valence electrons. The molecule has 2 rings (SSSR count). The molecule has 0 saturated heterocycles. The largest absolute Gasteiger partial charge is 0.406 e. The molecule has 20 heavy (non-hydrogen) atoms. The van der Waals surface area contributed by atoms with E-state index < -0.39 is 24.7 Å². The maximum Gasteiger partial charge on any atom is 0.406 e. The quantitative estimate of drug-likeness (QED) is 0.851. The number of carbonyl (C=O) groups excluding carboxylic acids is 1. The van der Waals surface area contributed by atoms with Crippen molar-refractivity contribution in [2.45, 2.75) is 38.9 Å². The minimum absolute atomic E-state index is 0.180. The van der Waals surface area contributed by atoms with E-state index in [4.69, 9.17) is 0 Å². The monoisotopic (exact) mass is 286 g/mol. The minimum Gasteiger partial charge on any atom is -0.327 e. The summed E-state index contributed by atoms with van der Waals surface area (Å²) in [5.74, 6) is -0.422. The second kappa shape index (κ2) is 5.42. The lowest BCUT2D eigenvalue weighted by atomic mass is 10.1. The highest BCUT2D eigenvalue weighted by atomic mass is 19.4. The predicted octanol–water partition coefficient (Wildman–Crippen LogP) is 3.19. The maximum atomic E-state index is 12.7. The van der Waals surface area contributed by atoms with Crippen LogP contribution < -0.4 is 0 Å². The molecule has 1 aromatic rings. The van der Waals surface area contributed by atoms with Crippen molar-refractivity contribution in [3.05, 3.63) is 29.6 Å². The van der Waals surface area contributed by atoms with Crippen molar-refractivity contribution >= 4 is 5.91 Å². The van der Waals surface area contributed by atoms with Crippen LogP contribution in [0.15, 0.2) is 18.3 Å². The number of aryl methyl sites for hydroxylation is 1. The van der Waals surface area contributed by atoms with Gasteiger partial charge in [-0.05, 0) is 44.7 Å². The molecular formula is C14H17F3N2O. The number of halogens is 3. The highest BCUT2D eigenvalue weighted by Gasteiger charge is 2.40. The Balaban J connectivity index is 2.20. The predicted molar refractivity (Wildman–Crippen MR) is 68.3 cm³/mol. The average Bonchev–Trinajstić information content (AvgIpc) is 3.18. The van der Waals surface area contributed by atoms with Gasteiger partial charge in [0.1, 0.15) is 6.54 Å². The summed E-state index contributed by atoms with van der Waals surface area (Å²) in [4.78, 5) is 17.2. The van der Waals surface area contributed by atoms with Crippen LogP contribution in [0.5, 0.6) is 0 Å². The van der Waals surface area contributed by atoms with Gasteiger partial charge >= 0.3 is 6.18 Å². The minimum atomic E-state index is -4.39. The van der Waals surface area contributed by atoms with Crippen molar-refractivity contribution in [2.24, 2.45) is 5.92 Å². The van der Waals surface area contributed by atoms with Crippen LogP contribution in [0.1, 0.15) is 35.8 Å². The summed E-state index contributed by atoms with van der Waals surface area (Å²) in [6.45, 7) is 2.23. The first kappa shape index (κ1) is 14.8. The number of aromatic nitrogens is 1. The Labute approximate surface area is 115 Å². The molecule has 1 amide bonds. The van der Waals surface area contributed by atoms with Gasteiger partial charge in [-0.15, -0.1) is 0 Å². The Hall–Kier alpha value is -1.59. The van der Waals surface area contributed by atoms with Crippen molar-refractivity contribution in [1.29, 1.82) is 0 Å². The average molecular weight is 286 g/mol. The number of pyridine rings is 1. The van der Waals surface area contributed by atoms with E-state index >= 15 is 0 Å². The molecule has 0 bridgehead atoms. The van der Waals surface area contributed by atoms with Crippen molar-refractivity contribution in [2.75, 3.05) is 6.54 Å². The third kappa shape index (κ3) is 3.71. The third-order valence-electron chi connectivity index (χ3n) is 3.56. The van der Waals surface area contributed by atoms with E-state index in [1.54, 1.807) is 19.9 Å². The van der Waals surface area contributed by atoms with Crippen molar-refractivity contribution in [3.8, 4) is 0 Å². The molecule has 1 aliphatic carbocycles. The molecule has 1 aliphatic rings. The van der Waals surface area contributed by atoms with Crippen molar-refractivity contribution in [3.63, 3.8) is 0 Å². The first-order chi connectivity index (χ1) is 9.28. The number of amides is 1. The molecule has 3 nitrogen and oxygen atoms in total. The molecule has 0 aliphatic heterocycles. The van der Waals surface area contributed by atoms with Crippen LogP contribution in [-0.2, 0) is 0 Å². The molecule has 1 aromatic heterocycles. The summed E-state index contributed by atoms with van der Waals surface area (Å²) in [6, 6.07) is 2.75. The summed E-state index contributed by atoms with van der Waals surface area (Å²) in [7, 11) is 0. The molecule has 1 unspecified atom stereocenters. The number of rotatable bonds is 4. The lowest BCUT2D eigenvalue weighted by Gasteiger charge is -2.30. The van der Waals surface area contributed by atoms with Gasteiger partial charge in [0.05, 0.1) is 5.56 Å². The lowest BCUT2D eigenvalue weighted by molar-refractivity contribution is -0.144. The Bertz CT molecular complexity index is 480. The fourth-order valence-corrected chi connectivity index (χ4v) is 2.19. The van der Waals surface area contributed by atoms with E-state index in [9.17, 15) is 18.0 Å². The molecule has 1 atom stereocenters. The molecule has 0 aromatic carbocycles. The molecule has 1 saturated carbocycles. The van der Waals surface area contributed by atoms with E-state index in [1.165, 1.54) is 12.3 Å². The first-order valence-electron chi connectivity index (χ1n) is 6.58. The normalized spacial score (nSPS) is 16.9. The van der Waals surface area contributed by atoms with Crippen molar-refractivity contribution < 1.29 is 18.0 Å². The second-order valence-corrected chi connectivity index (χ2v) is 5.31. The van der Waals surface area contributed by atoms with Gasteiger partial charge in [-0.2, -0.15) is 13.2 Å². The third-order valence-corrected chi connectivity index (χ3v) is 3.56. The van der Waals surface area contributed by atoms with Crippen LogP contribution >= 0.6 is 0 Å². The van der Waals surface area contributed by atoms with Crippen LogP contribution in [0.4, 0.5) is 13.2 Å². The topological polar surface area (TPSA) is 33.2 Å². The summed E-state index contributed by atoms with van der Waals surface area (Å²) in [6.07, 6.45) is -1.29. The van der Waals surface area contributed by atoms with Gasteiger partial charge in [0.15, 0.2) is 0 Å². The molecular weight excluding hydrogens is 269 g/mol. The van der Waals surface area contributed by atoms with Gasteiger partial charge in [0.25, 0.3) is 5.91 Å². The SMILES string of the molecule is Cc1ccc(C(=O)N(CC(F)(F)F)C(C)C2CC2)cn1. The zero-order valence-electron chi connectivity index (χ0n) is 11.4. The fourth-order valence-electron chi connectivity index (χ4n) is 2.19. The Kier molecular flexibility index (Phi) is 4.01. The smallest absolute Gasteiger partial charge is 0.327 e. The van der Waals surface area contributed by atoms with Crippen LogP contribution in [0.3, 0.4) is 0 Å². The van der Waals surface area contributed by atoms with Crippen LogP contribution in [0.2, 0.25) is 0 Å². The highest BCUT2D eigenvalue weighted by molar-refractivity contribution is 5.94. The standard InChI is InChI=1S/C14H17F3N2O/c1-9-3-4-12(7-18-9)13(20)19(8-14(15,16)17)10(2)11-5-6-11/h3-4,7,10-11H,5-6,8H2,1-2H3. The van der Waals surface area contributed by atoms with Gasteiger partial charge in [-0.25, -0.2) is 0 Å². The Morgan fingerprint density at radius 2 is 2.10 bits per heavy atom. The zero-order valence-corrected chi connectivity index (χ0v) is 11.4. The van der Waals surface area contributed by atoms with Gasteiger partial charge in [-0.1, -0.05) is 0 Å². The van der Waals surface area contributed by atoms with Gasteiger partial charge < -0.3 is 4.90 Å². The van der Waals surface area contributed by atoms with Gasteiger partial charge in [0, 0.05) is 17.9 Å². The molecule has 6 heteroatoms. The van der Waals surface area contributed by atoms with E-state index in [0.29, 0.717) is 0 Å². The fraction of sp³-hybridized carbons (Fsp3) is 0.571. The molecule has 0 N–H and O–H groups in total. The van der Waals surface area contributed by atoms with Crippen LogP contribution in [0.25, 0.3) is 0 Å². The molecule has 1 heterocycles. The summed E-state index contributed by atoms with van der Waals surface area (Å²) < 4.78 is 38.0. The Morgan fingerprint density at radius 1 is 1.45 bits per heavy atom. The van der Waals surface area contributed by atoms with E-state index in [0.717, 1.165) is 23.4 Å². The summed E-state index contributed by atoms with van der Waals surface area (Å²) in [5.41, 5.74) is 0.923. The second-order valence-electron chi connectivity index (χ2n) is 5.31. The van der Waals surface area contributed by atoms with Crippen LogP contribution in [-0.4, -0.2) is 34.6 Å². The van der Waals surface area contributed by atoms with Gasteiger partial charge in [0.2, 0.25) is 0 Å². The summed E-state index contributed by atoms with van der Waals surface area (Å²) >= 11 is 0. The Morgan fingerprint density at radius 3 is 2.55 bits per heavy atom. The van der Waals surface area contributed by atoms with Crippen LogP contribution in [0, 0.1) is 12.8 Å². The zero-order chi connectivity index (χ0) is 14.9. The van der Waals surface area contributed by atoms with Crippen molar-refractivity contribution in [1.82, 2.24) is 9.88 Å². The molecule has 0 radical (unpaired) electrons. The number of alkyl halides is 3. The number of hydrogen-bond acceptors (Lipinski definition) is 2. The van der Waals surface area contributed by atoms with E-state index in [-0.39, 0.29) is 11.5 Å². The highest BCUT2D eigenvalue weighted by Crippen LogP contribution is 2.36. The molecule has 0 spiro atoms. The van der Waals surface area contributed by atoms with Gasteiger partial charge in [-0.3, -0.25) is 9.78 Å². The summed E-state index contributed by atoms with van der Waals surface area (Å²) in [5, 5.41) is 0. The number of hydrogen-bond donors (Lipinski definition) is 0. The number of carbonyl (C=O) groups is 1. The molecule has 1 fully saturated rings. The number of nitrogens with zero attached hydrogens (tertiary/aromatic N) is 2. The maximum absolute atomic E-state index is 12.7. The lowest BCUT2D eigenvalue weighted by Crippen LogP contribution is -2.45. The first-order valence-corrected chi connectivity index (χ1v) is 6.58.